The van der Waals surface area contributed by atoms with Gasteiger partial charge in [-0.1, -0.05) is 0 Å². The van der Waals surface area contributed by atoms with Gasteiger partial charge in [0.05, 0.1) is 13.2 Å². The number of hydrogen-bond acceptors (Lipinski definition) is 3. The molecule has 0 spiro atoms. The van der Waals surface area contributed by atoms with Crippen LogP contribution in [-0.2, 0) is 4.84 Å². The topological polar surface area (TPSA) is 70.6 Å². The van der Waals surface area contributed by atoms with Crippen molar-refractivity contribution in [1.82, 2.24) is 10.8 Å². The largest absolute Gasteiger partial charge is 0.393 e. The van der Waals surface area contributed by atoms with Crippen LogP contribution in [0.2, 0.25) is 0 Å². The van der Waals surface area contributed by atoms with Gasteiger partial charge in [0.25, 0.3) is 0 Å². The van der Waals surface area contributed by atoms with Crippen molar-refractivity contribution >= 4 is 6.03 Å². The molecular formula is C6H14N2O3. The smallest absolute Gasteiger partial charge is 0.338 e. The number of carbonyl (C=O) groups is 1. The molecule has 5 heteroatoms. The van der Waals surface area contributed by atoms with Gasteiger partial charge in [-0.3, -0.25) is 4.84 Å². The fourth-order valence-corrected chi connectivity index (χ4v) is 0.523. The highest BCUT2D eigenvalue weighted by molar-refractivity contribution is 5.72. The van der Waals surface area contributed by atoms with E-state index in [9.17, 15) is 4.79 Å². The van der Waals surface area contributed by atoms with Gasteiger partial charge in [0.2, 0.25) is 0 Å². The van der Waals surface area contributed by atoms with Gasteiger partial charge in [-0.2, -0.15) is 0 Å². The molecule has 0 heterocycles. The maximum absolute atomic E-state index is 10.6. The fraction of sp³-hybridized carbons (Fsp3) is 0.833. The van der Waals surface area contributed by atoms with E-state index in [4.69, 9.17) is 5.11 Å². The van der Waals surface area contributed by atoms with Crippen LogP contribution < -0.4 is 10.8 Å². The summed E-state index contributed by atoms with van der Waals surface area (Å²) < 4.78 is 0. The van der Waals surface area contributed by atoms with Gasteiger partial charge in [0.15, 0.2) is 0 Å². The second-order valence-electron chi connectivity index (χ2n) is 2.20. The van der Waals surface area contributed by atoms with Gasteiger partial charge in [-0.15, -0.1) is 0 Å². The second kappa shape index (κ2) is 5.94. The molecule has 11 heavy (non-hydrogen) atoms. The van der Waals surface area contributed by atoms with Crippen LogP contribution in [0.3, 0.4) is 0 Å². The minimum atomic E-state index is -0.395. The number of aliphatic hydroxyl groups excluding tert-OH is 1. The number of amides is 2. The number of hydrogen-bond donors (Lipinski definition) is 3. The molecule has 0 radical (unpaired) electrons. The Kier molecular flexibility index (Phi) is 5.50. The third-order valence-electron chi connectivity index (χ3n) is 1.04. The lowest BCUT2D eigenvalue weighted by Gasteiger charge is -2.06. The summed E-state index contributed by atoms with van der Waals surface area (Å²) in [6.45, 7) is 2.10. The number of urea groups is 1. The normalized spacial score (nSPS) is 12.3. The highest BCUT2D eigenvalue weighted by Gasteiger charge is 1.98. The van der Waals surface area contributed by atoms with Crippen molar-refractivity contribution in [3.8, 4) is 0 Å². The molecule has 5 nitrogen and oxygen atoms in total. The quantitative estimate of drug-likeness (QED) is 0.493. The first-order valence-electron chi connectivity index (χ1n) is 3.41. The second-order valence-corrected chi connectivity index (χ2v) is 2.20. The predicted molar refractivity (Wildman–Crippen MR) is 39.8 cm³/mol. The van der Waals surface area contributed by atoms with Crippen LogP contribution in [-0.4, -0.2) is 30.9 Å². The van der Waals surface area contributed by atoms with E-state index in [-0.39, 0.29) is 0 Å². The van der Waals surface area contributed by atoms with E-state index in [1.165, 1.54) is 7.11 Å². The van der Waals surface area contributed by atoms with Gasteiger partial charge >= 0.3 is 6.03 Å². The monoisotopic (exact) mass is 162 g/mol. The number of carbonyl (C=O) groups excluding carboxylic acids is 1. The van der Waals surface area contributed by atoms with Crippen LogP contribution >= 0.6 is 0 Å². The Morgan fingerprint density at radius 3 is 2.82 bits per heavy atom. The van der Waals surface area contributed by atoms with E-state index in [0.29, 0.717) is 13.0 Å². The summed E-state index contributed by atoms with van der Waals surface area (Å²) in [6, 6.07) is -0.395. The number of hydroxylamine groups is 1. The molecule has 0 aliphatic carbocycles. The molecule has 0 unspecified atom stereocenters. The summed E-state index contributed by atoms with van der Waals surface area (Å²) in [7, 11) is 1.36. The lowest BCUT2D eigenvalue weighted by atomic mass is 10.3. The molecule has 0 aliphatic heterocycles. The Morgan fingerprint density at radius 2 is 2.36 bits per heavy atom. The van der Waals surface area contributed by atoms with Gasteiger partial charge in [0, 0.05) is 6.54 Å². The zero-order valence-electron chi connectivity index (χ0n) is 6.76. The van der Waals surface area contributed by atoms with E-state index < -0.39 is 12.1 Å². The van der Waals surface area contributed by atoms with Crippen LogP contribution in [0, 0.1) is 0 Å². The lowest BCUT2D eigenvalue weighted by Crippen LogP contribution is -2.36. The Morgan fingerprint density at radius 1 is 1.73 bits per heavy atom. The van der Waals surface area contributed by atoms with Crippen LogP contribution in [0.25, 0.3) is 0 Å². The highest BCUT2D eigenvalue weighted by Crippen LogP contribution is 1.85. The summed E-state index contributed by atoms with van der Waals surface area (Å²) in [5.74, 6) is 0. The Labute approximate surface area is 65.7 Å². The molecular weight excluding hydrogens is 148 g/mol. The highest BCUT2D eigenvalue weighted by atomic mass is 16.6. The summed E-state index contributed by atoms with van der Waals surface area (Å²) in [5.41, 5.74) is 2.09. The molecule has 66 valence electrons. The van der Waals surface area contributed by atoms with Crippen LogP contribution in [0.1, 0.15) is 13.3 Å². The first-order chi connectivity index (χ1) is 5.16. The fourth-order valence-electron chi connectivity index (χ4n) is 0.523. The van der Waals surface area contributed by atoms with Crippen LogP contribution in [0.15, 0.2) is 0 Å². The summed E-state index contributed by atoms with van der Waals surface area (Å²) >= 11 is 0. The van der Waals surface area contributed by atoms with Crippen molar-refractivity contribution < 1.29 is 14.7 Å². The molecule has 0 aromatic heterocycles. The molecule has 0 bridgehead atoms. The van der Waals surface area contributed by atoms with Crippen LogP contribution in [0.4, 0.5) is 4.79 Å². The predicted octanol–water partition coefficient (Wildman–Crippen LogP) is -0.382. The number of rotatable bonds is 4. The van der Waals surface area contributed by atoms with Gasteiger partial charge in [-0.05, 0) is 13.3 Å². The third-order valence-corrected chi connectivity index (χ3v) is 1.04. The molecule has 0 saturated heterocycles. The van der Waals surface area contributed by atoms with Crippen molar-refractivity contribution in [3.63, 3.8) is 0 Å². The summed E-state index contributed by atoms with van der Waals surface area (Å²) in [5, 5.41) is 11.3. The summed E-state index contributed by atoms with van der Waals surface area (Å²) in [4.78, 5) is 14.9. The zero-order valence-corrected chi connectivity index (χ0v) is 6.76. The van der Waals surface area contributed by atoms with Gasteiger partial charge in [-0.25, -0.2) is 10.3 Å². The summed E-state index contributed by atoms with van der Waals surface area (Å²) in [6.07, 6.45) is 0.148. The SMILES string of the molecule is CONC(=O)NCC[C@@H](C)O. The minimum Gasteiger partial charge on any atom is -0.393 e. The molecule has 3 N–H and O–H groups in total. The van der Waals surface area contributed by atoms with Gasteiger partial charge < -0.3 is 10.4 Å². The minimum absolute atomic E-state index is 0.391. The molecule has 0 fully saturated rings. The van der Waals surface area contributed by atoms with Gasteiger partial charge in [0.1, 0.15) is 0 Å². The molecule has 0 aromatic carbocycles. The molecule has 0 aliphatic rings. The molecule has 1 atom stereocenters. The Bertz CT molecular complexity index is 116. The zero-order chi connectivity index (χ0) is 8.69. The van der Waals surface area contributed by atoms with E-state index in [2.05, 4.69) is 15.6 Å². The van der Waals surface area contributed by atoms with Crippen molar-refractivity contribution in [2.75, 3.05) is 13.7 Å². The third kappa shape index (κ3) is 7.08. The van der Waals surface area contributed by atoms with Crippen molar-refractivity contribution in [1.29, 1.82) is 0 Å². The Hall–Kier alpha value is -0.810. The number of aliphatic hydroxyl groups is 1. The average molecular weight is 162 g/mol. The molecule has 0 saturated carbocycles. The molecule has 0 aromatic rings. The van der Waals surface area contributed by atoms with E-state index >= 15 is 0 Å². The van der Waals surface area contributed by atoms with Crippen molar-refractivity contribution in [3.05, 3.63) is 0 Å². The van der Waals surface area contributed by atoms with E-state index in [1.54, 1.807) is 6.92 Å². The van der Waals surface area contributed by atoms with Crippen molar-refractivity contribution in [2.45, 2.75) is 19.4 Å². The molecule has 2 amide bonds. The average Bonchev–Trinajstić information content (AvgIpc) is 1.87. The Balaban J connectivity index is 3.17. The number of nitrogens with one attached hydrogen (secondary N) is 2. The van der Waals surface area contributed by atoms with Crippen molar-refractivity contribution in [2.24, 2.45) is 0 Å². The first-order valence-corrected chi connectivity index (χ1v) is 3.41. The lowest BCUT2D eigenvalue weighted by molar-refractivity contribution is 0.106. The van der Waals surface area contributed by atoms with Crippen LogP contribution in [0.5, 0.6) is 0 Å². The van der Waals surface area contributed by atoms with E-state index in [0.717, 1.165) is 0 Å². The molecule has 0 rings (SSSR count). The maximum atomic E-state index is 10.6. The first kappa shape index (κ1) is 10.2. The maximum Gasteiger partial charge on any atom is 0.338 e. The standard InChI is InChI=1S/C6H14N2O3/c1-5(9)3-4-7-6(10)8-11-2/h5,9H,3-4H2,1-2H3,(H2,7,8,10)/t5-/m1/s1. The van der Waals surface area contributed by atoms with E-state index in [1.807, 2.05) is 0 Å².